The van der Waals surface area contributed by atoms with Crippen molar-refractivity contribution in [2.45, 2.75) is 44.9 Å². The maximum atomic E-state index is 12.0. The van der Waals surface area contributed by atoms with E-state index in [-0.39, 0.29) is 11.7 Å². The number of hydrogen-bond donors (Lipinski definition) is 0. The summed E-state index contributed by atoms with van der Waals surface area (Å²) >= 11 is 0. The third-order valence-electron chi connectivity index (χ3n) is 4.50. The molecule has 2 aliphatic rings. The highest BCUT2D eigenvalue weighted by Gasteiger charge is 2.31. The molecular formula is C15H25N3O4S. The van der Waals surface area contributed by atoms with Gasteiger partial charge in [-0.05, 0) is 38.5 Å². The summed E-state index contributed by atoms with van der Waals surface area (Å²) in [6.07, 6.45) is 4.91. The Morgan fingerprint density at radius 2 is 2.17 bits per heavy atom. The van der Waals surface area contributed by atoms with Crippen LogP contribution < -0.4 is 0 Å². The maximum Gasteiger partial charge on any atom is 0.231 e. The van der Waals surface area contributed by atoms with Crippen LogP contribution in [0.25, 0.3) is 0 Å². The Hall–Kier alpha value is -0.990. The Morgan fingerprint density at radius 3 is 2.91 bits per heavy atom. The molecule has 1 unspecified atom stereocenters. The molecule has 1 saturated carbocycles. The van der Waals surface area contributed by atoms with Crippen LogP contribution in [-0.4, -0.2) is 54.9 Å². The quantitative estimate of drug-likeness (QED) is 0.666. The van der Waals surface area contributed by atoms with Crippen LogP contribution in [0.4, 0.5) is 0 Å². The molecule has 1 atom stereocenters. The van der Waals surface area contributed by atoms with E-state index in [0.717, 1.165) is 25.4 Å². The summed E-state index contributed by atoms with van der Waals surface area (Å²) in [6, 6.07) is 0. The van der Waals surface area contributed by atoms with Crippen molar-refractivity contribution in [3.63, 3.8) is 0 Å². The lowest BCUT2D eigenvalue weighted by Gasteiger charge is -2.29. The van der Waals surface area contributed by atoms with Gasteiger partial charge < -0.3 is 9.26 Å². The van der Waals surface area contributed by atoms with Crippen LogP contribution >= 0.6 is 0 Å². The molecule has 23 heavy (non-hydrogen) atoms. The Balaban J connectivity index is 1.52. The summed E-state index contributed by atoms with van der Waals surface area (Å²) in [5, 5.41) is 4.00. The molecule has 0 spiro atoms. The second-order valence-electron chi connectivity index (χ2n) is 6.41. The van der Waals surface area contributed by atoms with Gasteiger partial charge in [0.25, 0.3) is 0 Å². The number of hydrogen-bond acceptors (Lipinski definition) is 6. The number of rotatable bonds is 8. The molecule has 1 aromatic rings. The highest BCUT2D eigenvalue weighted by Crippen LogP contribution is 2.29. The minimum absolute atomic E-state index is 0.00120. The molecule has 1 aliphatic heterocycles. The Bertz CT molecular complexity index is 612. The van der Waals surface area contributed by atoms with Crippen LogP contribution in [0, 0.1) is 5.92 Å². The van der Waals surface area contributed by atoms with Gasteiger partial charge in [0.1, 0.15) is 0 Å². The van der Waals surface area contributed by atoms with Gasteiger partial charge in [-0.3, -0.25) is 0 Å². The zero-order valence-electron chi connectivity index (χ0n) is 13.6. The van der Waals surface area contributed by atoms with E-state index in [9.17, 15) is 8.42 Å². The van der Waals surface area contributed by atoms with Crippen LogP contribution in [0.1, 0.15) is 50.2 Å². The maximum absolute atomic E-state index is 12.0. The second-order valence-corrected chi connectivity index (χ2v) is 8.67. The van der Waals surface area contributed by atoms with E-state index in [4.69, 9.17) is 9.26 Å². The fraction of sp³-hybridized carbons (Fsp3) is 0.867. The molecular weight excluding hydrogens is 318 g/mol. The summed E-state index contributed by atoms with van der Waals surface area (Å²) in [7, 11) is -3.15. The first-order valence-electron chi connectivity index (χ1n) is 8.46. The smallest absolute Gasteiger partial charge is 0.231 e. The van der Waals surface area contributed by atoms with Crippen molar-refractivity contribution in [1.82, 2.24) is 14.4 Å². The Labute approximate surface area is 137 Å². The zero-order valence-corrected chi connectivity index (χ0v) is 14.4. The van der Waals surface area contributed by atoms with E-state index in [1.165, 1.54) is 12.8 Å². The number of aromatic nitrogens is 2. The van der Waals surface area contributed by atoms with Gasteiger partial charge in [0.05, 0.1) is 18.3 Å². The number of sulfonamides is 1. The van der Waals surface area contributed by atoms with Crippen LogP contribution in [0.2, 0.25) is 0 Å². The van der Waals surface area contributed by atoms with E-state index in [2.05, 4.69) is 10.1 Å². The molecule has 0 N–H and O–H groups in total. The normalized spacial score (nSPS) is 23.3. The average molecular weight is 343 g/mol. The van der Waals surface area contributed by atoms with E-state index >= 15 is 0 Å². The minimum Gasteiger partial charge on any atom is -0.381 e. The Kier molecular flexibility index (Phi) is 5.33. The van der Waals surface area contributed by atoms with Gasteiger partial charge in [0, 0.05) is 26.1 Å². The molecule has 0 radical (unpaired) electrons. The predicted octanol–water partition coefficient (Wildman–Crippen LogP) is 1.57. The summed E-state index contributed by atoms with van der Waals surface area (Å²) in [6.45, 7) is 4.14. The molecule has 0 amide bonds. The average Bonchev–Trinajstić information content (AvgIpc) is 3.27. The Morgan fingerprint density at radius 1 is 1.35 bits per heavy atom. The zero-order chi connectivity index (χ0) is 16.3. The third kappa shape index (κ3) is 4.51. The van der Waals surface area contributed by atoms with Crippen LogP contribution in [-0.2, 0) is 21.2 Å². The van der Waals surface area contributed by atoms with Gasteiger partial charge in [-0.2, -0.15) is 4.98 Å². The summed E-state index contributed by atoms with van der Waals surface area (Å²) in [4.78, 5) is 4.43. The van der Waals surface area contributed by atoms with Crippen molar-refractivity contribution in [3.8, 4) is 0 Å². The van der Waals surface area contributed by atoms with Gasteiger partial charge >= 0.3 is 0 Å². The SMILES string of the molecule is CCS(=O)(=O)N1CCCC(c2nc(CCOCC3CC3)no2)C1. The minimum atomic E-state index is -3.15. The predicted molar refractivity (Wildman–Crippen MR) is 84.6 cm³/mol. The molecule has 1 saturated heterocycles. The fourth-order valence-corrected chi connectivity index (χ4v) is 3.99. The standard InChI is InChI=1S/C15H25N3O4S/c1-2-23(19,20)18-8-3-4-13(10-18)15-16-14(17-22-15)7-9-21-11-12-5-6-12/h12-13H,2-11H2,1H3. The lowest BCUT2D eigenvalue weighted by atomic mass is 10.00. The lowest BCUT2D eigenvalue weighted by Crippen LogP contribution is -2.39. The summed E-state index contributed by atoms with van der Waals surface area (Å²) < 4.78 is 36.5. The lowest BCUT2D eigenvalue weighted by molar-refractivity contribution is 0.125. The molecule has 2 fully saturated rings. The highest BCUT2D eigenvalue weighted by molar-refractivity contribution is 7.89. The van der Waals surface area contributed by atoms with Gasteiger partial charge in [-0.1, -0.05) is 5.16 Å². The first-order chi connectivity index (χ1) is 11.1. The topological polar surface area (TPSA) is 85.5 Å². The molecule has 3 rings (SSSR count). The molecule has 0 aromatic carbocycles. The number of piperidine rings is 1. The van der Waals surface area contributed by atoms with Gasteiger partial charge in [-0.25, -0.2) is 12.7 Å². The van der Waals surface area contributed by atoms with Gasteiger partial charge in [0.15, 0.2) is 5.82 Å². The number of ether oxygens (including phenoxy) is 1. The molecule has 130 valence electrons. The first-order valence-corrected chi connectivity index (χ1v) is 10.1. The molecule has 0 bridgehead atoms. The molecule has 7 nitrogen and oxygen atoms in total. The summed E-state index contributed by atoms with van der Waals surface area (Å²) in [5.41, 5.74) is 0. The van der Waals surface area contributed by atoms with Crippen molar-refractivity contribution < 1.29 is 17.7 Å². The third-order valence-corrected chi connectivity index (χ3v) is 6.34. The van der Waals surface area contributed by atoms with E-state index in [1.807, 2.05) is 0 Å². The monoisotopic (exact) mass is 343 g/mol. The van der Waals surface area contributed by atoms with Crippen molar-refractivity contribution in [2.75, 3.05) is 32.1 Å². The highest BCUT2D eigenvalue weighted by atomic mass is 32.2. The fourth-order valence-electron chi connectivity index (χ4n) is 2.81. The van der Waals surface area contributed by atoms with E-state index in [0.29, 0.717) is 37.8 Å². The van der Waals surface area contributed by atoms with Crippen molar-refractivity contribution in [2.24, 2.45) is 5.92 Å². The number of nitrogens with zero attached hydrogens (tertiary/aromatic N) is 3. The molecule has 1 aliphatic carbocycles. The van der Waals surface area contributed by atoms with Crippen molar-refractivity contribution in [1.29, 1.82) is 0 Å². The molecule has 1 aromatic heterocycles. The van der Waals surface area contributed by atoms with Crippen molar-refractivity contribution in [3.05, 3.63) is 11.7 Å². The van der Waals surface area contributed by atoms with Crippen LogP contribution in [0.3, 0.4) is 0 Å². The van der Waals surface area contributed by atoms with Gasteiger partial charge in [0.2, 0.25) is 15.9 Å². The molecule has 8 heteroatoms. The van der Waals surface area contributed by atoms with E-state index in [1.54, 1.807) is 11.2 Å². The first kappa shape index (κ1) is 16.9. The van der Waals surface area contributed by atoms with Gasteiger partial charge in [-0.15, -0.1) is 0 Å². The van der Waals surface area contributed by atoms with E-state index < -0.39 is 10.0 Å². The second kappa shape index (κ2) is 7.27. The molecule has 2 heterocycles. The van der Waals surface area contributed by atoms with Crippen molar-refractivity contribution >= 4 is 10.0 Å². The summed E-state index contributed by atoms with van der Waals surface area (Å²) in [5.74, 6) is 2.08. The van der Waals surface area contributed by atoms with Crippen LogP contribution in [0.15, 0.2) is 4.52 Å². The van der Waals surface area contributed by atoms with Crippen LogP contribution in [0.5, 0.6) is 0 Å². The largest absolute Gasteiger partial charge is 0.381 e.